The van der Waals surface area contributed by atoms with Gasteiger partial charge < -0.3 is 14.0 Å². The van der Waals surface area contributed by atoms with Gasteiger partial charge in [0.05, 0.1) is 20.3 Å². The van der Waals surface area contributed by atoms with Gasteiger partial charge in [0.2, 0.25) is 0 Å². The Kier molecular flexibility index (Phi) is 3.47. The number of hydrogen-bond acceptors (Lipinski definition) is 6. The summed E-state index contributed by atoms with van der Waals surface area (Å²) in [5.41, 5.74) is -0.461. The fourth-order valence-corrected chi connectivity index (χ4v) is 3.28. The molecular formula is C13H20N4O3. The van der Waals surface area contributed by atoms with Gasteiger partial charge in [-0.15, -0.1) is 10.2 Å². The SMILES string of the molecule is COC(=O)[C@@]12COC[C@@H]1CN(CCn1cnnc1C)C2. The van der Waals surface area contributed by atoms with Crippen LogP contribution in [0, 0.1) is 18.3 Å². The molecule has 3 rings (SSSR count). The predicted octanol–water partition coefficient (Wildman–Crippen LogP) is -0.292. The summed E-state index contributed by atoms with van der Waals surface area (Å²) in [6, 6.07) is 0. The summed E-state index contributed by atoms with van der Waals surface area (Å²) in [6.07, 6.45) is 1.74. The molecule has 7 nitrogen and oxygen atoms in total. The van der Waals surface area contributed by atoms with Crippen molar-refractivity contribution in [3.05, 3.63) is 12.2 Å². The number of ether oxygens (including phenoxy) is 2. The monoisotopic (exact) mass is 280 g/mol. The lowest BCUT2D eigenvalue weighted by Gasteiger charge is -2.24. The molecular weight excluding hydrogens is 260 g/mol. The van der Waals surface area contributed by atoms with Gasteiger partial charge in [-0.05, 0) is 6.92 Å². The van der Waals surface area contributed by atoms with Crippen molar-refractivity contribution in [2.24, 2.45) is 11.3 Å². The number of aryl methyl sites for hydroxylation is 1. The zero-order valence-electron chi connectivity index (χ0n) is 11.9. The van der Waals surface area contributed by atoms with Crippen LogP contribution in [-0.4, -0.2) is 65.6 Å². The van der Waals surface area contributed by atoms with Crippen LogP contribution in [0.4, 0.5) is 0 Å². The van der Waals surface area contributed by atoms with E-state index in [0.717, 1.165) is 25.5 Å². The molecule has 0 bridgehead atoms. The summed E-state index contributed by atoms with van der Waals surface area (Å²) in [5.74, 6) is 1.02. The Morgan fingerprint density at radius 3 is 3.15 bits per heavy atom. The van der Waals surface area contributed by atoms with Crippen LogP contribution in [0.1, 0.15) is 5.82 Å². The van der Waals surface area contributed by atoms with E-state index in [1.54, 1.807) is 6.33 Å². The van der Waals surface area contributed by atoms with E-state index in [2.05, 4.69) is 15.1 Å². The van der Waals surface area contributed by atoms with Crippen LogP contribution >= 0.6 is 0 Å². The van der Waals surface area contributed by atoms with Crippen molar-refractivity contribution in [2.75, 3.05) is 40.0 Å². The van der Waals surface area contributed by atoms with E-state index < -0.39 is 5.41 Å². The number of esters is 1. The normalized spacial score (nSPS) is 29.6. The van der Waals surface area contributed by atoms with E-state index >= 15 is 0 Å². The lowest BCUT2D eigenvalue weighted by Crippen LogP contribution is -2.40. The molecule has 110 valence electrons. The summed E-state index contributed by atoms with van der Waals surface area (Å²) in [4.78, 5) is 14.4. The Labute approximate surface area is 117 Å². The maximum Gasteiger partial charge on any atom is 0.315 e. The van der Waals surface area contributed by atoms with Crippen LogP contribution < -0.4 is 0 Å². The van der Waals surface area contributed by atoms with Crippen molar-refractivity contribution < 1.29 is 14.3 Å². The van der Waals surface area contributed by atoms with E-state index in [-0.39, 0.29) is 11.9 Å². The summed E-state index contributed by atoms with van der Waals surface area (Å²) in [6.45, 7) is 6.39. The molecule has 0 amide bonds. The molecule has 2 atom stereocenters. The molecule has 2 fully saturated rings. The number of hydrogen-bond donors (Lipinski definition) is 0. The number of nitrogens with zero attached hydrogens (tertiary/aromatic N) is 4. The van der Waals surface area contributed by atoms with Crippen LogP contribution in [0.3, 0.4) is 0 Å². The summed E-state index contributed by atoms with van der Waals surface area (Å²) in [5, 5.41) is 7.85. The Balaban J connectivity index is 1.64. The van der Waals surface area contributed by atoms with Gasteiger partial charge in [-0.1, -0.05) is 0 Å². The summed E-state index contributed by atoms with van der Waals surface area (Å²) >= 11 is 0. The number of rotatable bonds is 4. The third-order valence-electron chi connectivity index (χ3n) is 4.50. The van der Waals surface area contributed by atoms with Crippen LogP contribution in [0.15, 0.2) is 6.33 Å². The molecule has 0 aromatic carbocycles. The fourth-order valence-electron chi connectivity index (χ4n) is 3.28. The highest BCUT2D eigenvalue weighted by molar-refractivity contribution is 5.78. The third kappa shape index (κ3) is 2.10. The van der Waals surface area contributed by atoms with E-state index in [1.165, 1.54) is 7.11 Å². The molecule has 3 heterocycles. The van der Waals surface area contributed by atoms with Gasteiger partial charge in [-0.2, -0.15) is 0 Å². The Hall–Kier alpha value is -1.47. The number of fused-ring (bicyclic) bond motifs is 1. The lowest BCUT2D eigenvalue weighted by atomic mass is 9.81. The maximum atomic E-state index is 12.1. The third-order valence-corrected chi connectivity index (χ3v) is 4.50. The first-order chi connectivity index (χ1) is 9.65. The quantitative estimate of drug-likeness (QED) is 0.706. The number of aromatic nitrogens is 3. The molecule has 2 aliphatic heterocycles. The van der Waals surface area contributed by atoms with Gasteiger partial charge in [0.25, 0.3) is 0 Å². The largest absolute Gasteiger partial charge is 0.468 e. The van der Waals surface area contributed by atoms with Gasteiger partial charge in [-0.3, -0.25) is 9.69 Å². The molecule has 2 saturated heterocycles. The molecule has 0 unspecified atom stereocenters. The average molecular weight is 280 g/mol. The topological polar surface area (TPSA) is 69.5 Å². The molecule has 0 radical (unpaired) electrons. The minimum atomic E-state index is -0.461. The van der Waals surface area contributed by atoms with Gasteiger partial charge in [0, 0.05) is 32.1 Å². The zero-order chi connectivity index (χ0) is 14.2. The van der Waals surface area contributed by atoms with Crippen molar-refractivity contribution >= 4 is 5.97 Å². The smallest absolute Gasteiger partial charge is 0.315 e. The molecule has 7 heteroatoms. The summed E-state index contributed by atoms with van der Waals surface area (Å²) < 4.78 is 12.5. The van der Waals surface area contributed by atoms with Gasteiger partial charge in [-0.25, -0.2) is 0 Å². The van der Waals surface area contributed by atoms with Crippen LogP contribution in [0.5, 0.6) is 0 Å². The Morgan fingerprint density at radius 2 is 2.45 bits per heavy atom. The van der Waals surface area contributed by atoms with Crippen molar-refractivity contribution in [2.45, 2.75) is 13.5 Å². The number of likely N-dealkylation sites (tertiary alicyclic amines) is 1. The van der Waals surface area contributed by atoms with Crippen molar-refractivity contribution in [1.82, 2.24) is 19.7 Å². The molecule has 0 N–H and O–H groups in total. The predicted molar refractivity (Wildman–Crippen MR) is 70.0 cm³/mol. The van der Waals surface area contributed by atoms with Crippen LogP contribution in [-0.2, 0) is 20.8 Å². The fraction of sp³-hybridized carbons (Fsp3) is 0.769. The summed E-state index contributed by atoms with van der Waals surface area (Å²) in [7, 11) is 1.45. The number of carbonyl (C=O) groups is 1. The highest BCUT2D eigenvalue weighted by atomic mass is 16.5. The van der Waals surface area contributed by atoms with Crippen LogP contribution in [0.25, 0.3) is 0 Å². The highest BCUT2D eigenvalue weighted by Crippen LogP contribution is 2.42. The van der Waals surface area contributed by atoms with E-state index in [9.17, 15) is 4.79 Å². The Bertz CT molecular complexity index is 504. The molecule has 2 aliphatic rings. The number of carbonyl (C=O) groups excluding carboxylic acids is 1. The standard InChI is InChI=1S/C13H20N4O3/c1-10-15-14-9-17(10)4-3-16-5-11-6-20-8-13(11,7-16)12(18)19-2/h9,11H,3-8H2,1-2H3/t11-,13-/m0/s1. The van der Waals surface area contributed by atoms with Gasteiger partial charge in [0.15, 0.2) is 0 Å². The highest BCUT2D eigenvalue weighted by Gasteiger charge is 2.56. The zero-order valence-corrected chi connectivity index (χ0v) is 11.9. The van der Waals surface area contributed by atoms with E-state index in [0.29, 0.717) is 19.8 Å². The second-order valence-corrected chi connectivity index (χ2v) is 5.67. The minimum Gasteiger partial charge on any atom is -0.468 e. The van der Waals surface area contributed by atoms with Gasteiger partial charge in [0.1, 0.15) is 17.6 Å². The molecule has 0 spiro atoms. The van der Waals surface area contributed by atoms with Crippen molar-refractivity contribution in [3.63, 3.8) is 0 Å². The number of methoxy groups -OCH3 is 1. The van der Waals surface area contributed by atoms with Gasteiger partial charge >= 0.3 is 5.97 Å². The maximum absolute atomic E-state index is 12.1. The second-order valence-electron chi connectivity index (χ2n) is 5.67. The molecule has 1 aromatic rings. The molecule has 0 aliphatic carbocycles. The van der Waals surface area contributed by atoms with Crippen molar-refractivity contribution in [3.8, 4) is 0 Å². The molecule has 0 saturated carbocycles. The minimum absolute atomic E-state index is 0.136. The van der Waals surface area contributed by atoms with E-state index in [1.807, 2.05) is 11.5 Å². The van der Waals surface area contributed by atoms with E-state index in [4.69, 9.17) is 9.47 Å². The Morgan fingerprint density at radius 1 is 1.60 bits per heavy atom. The van der Waals surface area contributed by atoms with Crippen molar-refractivity contribution in [1.29, 1.82) is 0 Å². The molecule has 1 aromatic heterocycles. The first-order valence-electron chi connectivity index (χ1n) is 6.88. The lowest BCUT2D eigenvalue weighted by molar-refractivity contribution is -0.153. The first-order valence-corrected chi connectivity index (χ1v) is 6.88. The molecule has 20 heavy (non-hydrogen) atoms. The average Bonchev–Trinajstić information content (AvgIpc) is 3.09. The van der Waals surface area contributed by atoms with Crippen LogP contribution in [0.2, 0.25) is 0 Å². The second kappa shape index (κ2) is 5.14. The first kappa shape index (κ1) is 13.5.